The van der Waals surface area contributed by atoms with Crippen LogP contribution in [0.25, 0.3) is 0 Å². The number of hydrogen-bond acceptors (Lipinski definition) is 4. The van der Waals surface area contributed by atoms with Crippen LogP contribution in [0.1, 0.15) is 42.6 Å². The van der Waals surface area contributed by atoms with E-state index in [2.05, 4.69) is 20.6 Å². The van der Waals surface area contributed by atoms with Crippen molar-refractivity contribution in [1.29, 1.82) is 0 Å². The van der Waals surface area contributed by atoms with E-state index in [-0.39, 0.29) is 11.4 Å². The third-order valence-corrected chi connectivity index (χ3v) is 4.03. The first-order valence-electron chi connectivity index (χ1n) is 7.97. The van der Waals surface area contributed by atoms with Crippen LogP contribution in [0.5, 0.6) is 0 Å². The third-order valence-electron chi connectivity index (χ3n) is 4.03. The van der Waals surface area contributed by atoms with Crippen molar-refractivity contribution in [2.75, 3.05) is 10.6 Å². The van der Waals surface area contributed by atoms with Gasteiger partial charge in [0.15, 0.2) is 11.6 Å². The Kier molecular flexibility index (Phi) is 4.98. The molecule has 0 bridgehead atoms. The molecule has 3 rings (SSSR count). The normalized spacial score (nSPS) is 15.1. The Labute approximate surface area is 138 Å². The van der Waals surface area contributed by atoms with Crippen molar-refractivity contribution in [3.63, 3.8) is 0 Å². The maximum absolute atomic E-state index is 13.2. The summed E-state index contributed by atoms with van der Waals surface area (Å²) in [6.45, 7) is 0. The van der Waals surface area contributed by atoms with Crippen LogP contribution in [0.3, 0.4) is 0 Å². The molecule has 0 radical (unpaired) electrons. The molecular formula is C17H18F2N4O. The van der Waals surface area contributed by atoms with Crippen LogP contribution < -0.4 is 10.6 Å². The quantitative estimate of drug-likeness (QED) is 0.895. The number of benzene rings is 1. The van der Waals surface area contributed by atoms with Crippen molar-refractivity contribution >= 4 is 17.4 Å². The molecule has 2 aromatic rings. The van der Waals surface area contributed by atoms with Crippen molar-refractivity contribution in [2.24, 2.45) is 0 Å². The number of halogens is 2. The molecule has 1 aliphatic carbocycles. The number of carbonyl (C=O) groups excluding carboxylic acids is 1. The van der Waals surface area contributed by atoms with E-state index in [4.69, 9.17) is 0 Å². The van der Waals surface area contributed by atoms with Crippen LogP contribution in [0.2, 0.25) is 0 Å². The Hall–Kier alpha value is -2.57. The van der Waals surface area contributed by atoms with Gasteiger partial charge in [0.2, 0.25) is 0 Å². The zero-order chi connectivity index (χ0) is 16.9. The lowest BCUT2D eigenvalue weighted by Gasteiger charge is -2.23. The van der Waals surface area contributed by atoms with E-state index >= 15 is 0 Å². The Morgan fingerprint density at radius 1 is 1.04 bits per heavy atom. The van der Waals surface area contributed by atoms with Crippen LogP contribution in [-0.2, 0) is 0 Å². The molecule has 1 aromatic carbocycles. The molecule has 1 aromatic heterocycles. The van der Waals surface area contributed by atoms with Gasteiger partial charge in [0.05, 0.1) is 0 Å². The Balaban J connectivity index is 1.68. The minimum Gasteiger partial charge on any atom is -0.367 e. The highest BCUT2D eigenvalue weighted by Crippen LogP contribution is 2.21. The SMILES string of the molecule is O=C(Nc1ccc(F)c(F)c1)c1cc(NC2CCCCC2)ncn1. The van der Waals surface area contributed by atoms with Crippen LogP contribution in [0.4, 0.5) is 20.3 Å². The van der Waals surface area contributed by atoms with Gasteiger partial charge in [-0.1, -0.05) is 19.3 Å². The second kappa shape index (κ2) is 7.33. The number of hydrogen-bond donors (Lipinski definition) is 2. The standard InChI is InChI=1S/C17H18F2N4O/c18-13-7-6-12(8-14(13)19)23-17(24)15-9-16(21-10-20-15)22-11-4-2-1-3-5-11/h6-11H,1-5H2,(H,23,24)(H,20,21,22). The van der Waals surface area contributed by atoms with E-state index in [1.54, 1.807) is 6.07 Å². The molecule has 0 unspecified atom stereocenters. The molecule has 126 valence electrons. The Morgan fingerprint density at radius 3 is 2.58 bits per heavy atom. The van der Waals surface area contributed by atoms with Crippen LogP contribution in [0.15, 0.2) is 30.6 Å². The van der Waals surface area contributed by atoms with Crippen molar-refractivity contribution in [3.05, 3.63) is 47.9 Å². The molecule has 0 atom stereocenters. The second-order valence-corrected chi connectivity index (χ2v) is 5.85. The third kappa shape index (κ3) is 4.04. The summed E-state index contributed by atoms with van der Waals surface area (Å²) in [6.07, 6.45) is 7.11. The lowest BCUT2D eigenvalue weighted by atomic mass is 9.95. The zero-order valence-corrected chi connectivity index (χ0v) is 13.1. The Bertz CT molecular complexity index is 732. The van der Waals surface area contributed by atoms with Crippen molar-refractivity contribution < 1.29 is 13.6 Å². The van der Waals surface area contributed by atoms with Gasteiger partial charge in [-0.25, -0.2) is 18.7 Å². The molecule has 1 fully saturated rings. The van der Waals surface area contributed by atoms with Gasteiger partial charge in [0.1, 0.15) is 17.8 Å². The number of nitrogens with zero attached hydrogens (tertiary/aromatic N) is 2. The maximum atomic E-state index is 13.2. The molecule has 1 heterocycles. The fraction of sp³-hybridized carbons (Fsp3) is 0.353. The van der Waals surface area contributed by atoms with E-state index in [1.165, 1.54) is 31.7 Å². The molecule has 7 heteroatoms. The van der Waals surface area contributed by atoms with E-state index < -0.39 is 17.5 Å². The highest BCUT2D eigenvalue weighted by atomic mass is 19.2. The molecule has 1 saturated carbocycles. The van der Waals surface area contributed by atoms with Crippen molar-refractivity contribution in [2.45, 2.75) is 38.1 Å². The van der Waals surface area contributed by atoms with E-state index in [0.29, 0.717) is 11.9 Å². The average molecular weight is 332 g/mol. The molecule has 1 aliphatic rings. The number of aromatic nitrogens is 2. The van der Waals surface area contributed by atoms with Gasteiger partial charge >= 0.3 is 0 Å². The summed E-state index contributed by atoms with van der Waals surface area (Å²) < 4.78 is 26.1. The van der Waals surface area contributed by atoms with Gasteiger partial charge in [-0.3, -0.25) is 4.79 Å². The zero-order valence-electron chi connectivity index (χ0n) is 13.1. The molecule has 24 heavy (non-hydrogen) atoms. The number of amides is 1. The van der Waals surface area contributed by atoms with E-state index in [0.717, 1.165) is 25.0 Å². The van der Waals surface area contributed by atoms with Crippen LogP contribution >= 0.6 is 0 Å². The smallest absolute Gasteiger partial charge is 0.274 e. The fourth-order valence-corrected chi connectivity index (χ4v) is 2.79. The number of anilines is 2. The lowest BCUT2D eigenvalue weighted by molar-refractivity contribution is 0.102. The molecule has 5 nitrogen and oxygen atoms in total. The lowest BCUT2D eigenvalue weighted by Crippen LogP contribution is -2.23. The topological polar surface area (TPSA) is 66.9 Å². The summed E-state index contributed by atoms with van der Waals surface area (Å²) in [4.78, 5) is 20.3. The van der Waals surface area contributed by atoms with Crippen molar-refractivity contribution in [3.8, 4) is 0 Å². The van der Waals surface area contributed by atoms with Gasteiger partial charge < -0.3 is 10.6 Å². The summed E-state index contributed by atoms with van der Waals surface area (Å²) >= 11 is 0. The van der Waals surface area contributed by atoms with Gasteiger partial charge in [-0.05, 0) is 25.0 Å². The van der Waals surface area contributed by atoms with Gasteiger partial charge in [-0.15, -0.1) is 0 Å². The molecule has 0 saturated heterocycles. The first-order valence-corrected chi connectivity index (χ1v) is 7.97. The number of rotatable bonds is 4. The van der Waals surface area contributed by atoms with E-state index in [9.17, 15) is 13.6 Å². The molecule has 2 N–H and O–H groups in total. The van der Waals surface area contributed by atoms with Crippen LogP contribution in [-0.4, -0.2) is 21.9 Å². The van der Waals surface area contributed by atoms with E-state index in [1.807, 2.05) is 0 Å². The van der Waals surface area contributed by atoms with Gasteiger partial charge in [-0.2, -0.15) is 0 Å². The van der Waals surface area contributed by atoms with Gasteiger partial charge in [0.25, 0.3) is 5.91 Å². The number of nitrogens with one attached hydrogen (secondary N) is 2. The summed E-state index contributed by atoms with van der Waals surface area (Å²) in [5.74, 6) is -1.90. The minimum atomic E-state index is -1.02. The largest absolute Gasteiger partial charge is 0.367 e. The molecule has 1 amide bonds. The fourth-order valence-electron chi connectivity index (χ4n) is 2.79. The monoisotopic (exact) mass is 332 g/mol. The molecular weight excluding hydrogens is 314 g/mol. The Morgan fingerprint density at radius 2 is 1.83 bits per heavy atom. The first kappa shape index (κ1) is 16.3. The van der Waals surface area contributed by atoms with Crippen molar-refractivity contribution in [1.82, 2.24) is 9.97 Å². The highest BCUT2D eigenvalue weighted by molar-refractivity contribution is 6.03. The molecule has 0 aliphatic heterocycles. The molecule has 0 spiro atoms. The second-order valence-electron chi connectivity index (χ2n) is 5.85. The predicted octanol–water partition coefficient (Wildman–Crippen LogP) is 3.75. The summed E-state index contributed by atoms with van der Waals surface area (Å²) in [5, 5.41) is 5.81. The summed E-state index contributed by atoms with van der Waals surface area (Å²) in [6, 6.07) is 5.09. The predicted molar refractivity (Wildman–Crippen MR) is 86.8 cm³/mol. The summed E-state index contributed by atoms with van der Waals surface area (Å²) in [5.41, 5.74) is 0.326. The van der Waals surface area contributed by atoms with Crippen LogP contribution in [0, 0.1) is 11.6 Å². The average Bonchev–Trinajstić information content (AvgIpc) is 2.59. The summed E-state index contributed by atoms with van der Waals surface area (Å²) in [7, 11) is 0. The first-order chi connectivity index (χ1) is 11.6. The highest BCUT2D eigenvalue weighted by Gasteiger charge is 2.15. The maximum Gasteiger partial charge on any atom is 0.274 e. The van der Waals surface area contributed by atoms with Gasteiger partial charge in [0, 0.05) is 23.9 Å². The number of carbonyl (C=O) groups is 1. The minimum absolute atomic E-state index is 0.160.